The molecule has 0 radical (unpaired) electrons. The van der Waals surface area contributed by atoms with Gasteiger partial charge in [-0.15, -0.1) is 0 Å². The number of nitrogens with two attached hydrogens (primary N) is 1. The van der Waals surface area contributed by atoms with E-state index >= 15 is 0 Å². The second-order valence-corrected chi connectivity index (χ2v) is 2.33. The fourth-order valence-corrected chi connectivity index (χ4v) is 0.752. The van der Waals surface area contributed by atoms with Gasteiger partial charge < -0.3 is 10.8 Å². The van der Waals surface area contributed by atoms with Crippen molar-refractivity contribution in [3.63, 3.8) is 0 Å². The van der Waals surface area contributed by atoms with Crippen LogP contribution in [0.15, 0.2) is 0 Å². The van der Waals surface area contributed by atoms with Gasteiger partial charge in [0.05, 0.1) is 6.54 Å². The molecule has 0 aromatic heterocycles. The van der Waals surface area contributed by atoms with Gasteiger partial charge in [0.2, 0.25) is 11.8 Å². The molecule has 0 unspecified atom stereocenters. The van der Waals surface area contributed by atoms with E-state index in [4.69, 9.17) is 10.8 Å². The number of carbonyl (C=O) groups excluding carboxylic acids is 2. The van der Waals surface area contributed by atoms with E-state index in [2.05, 4.69) is 0 Å². The Hall–Kier alpha value is -1.43. The highest BCUT2D eigenvalue weighted by molar-refractivity contribution is 5.98. The van der Waals surface area contributed by atoms with E-state index < -0.39 is 24.3 Å². The van der Waals surface area contributed by atoms with Crippen LogP contribution in [0.5, 0.6) is 0 Å². The molecule has 0 rings (SSSR count). The first-order chi connectivity index (χ1) is 6.02. The monoisotopic (exact) mass is 188 g/mol. The van der Waals surface area contributed by atoms with Gasteiger partial charge in [0.25, 0.3) is 0 Å². The first kappa shape index (κ1) is 11.6. The molecule has 0 heterocycles. The molecule has 74 valence electrons. The Morgan fingerprint density at radius 3 is 2.15 bits per heavy atom. The molecular weight excluding hydrogens is 176 g/mol. The van der Waals surface area contributed by atoms with E-state index in [0.29, 0.717) is 4.90 Å². The minimum Gasteiger partial charge on any atom is -0.480 e. The van der Waals surface area contributed by atoms with Gasteiger partial charge in [-0.2, -0.15) is 0 Å². The summed E-state index contributed by atoms with van der Waals surface area (Å²) in [6, 6.07) is 0. The zero-order chi connectivity index (χ0) is 10.4. The Bertz CT molecular complexity index is 211. The number of aliphatic carboxylic acids is 1. The van der Waals surface area contributed by atoms with Gasteiger partial charge >= 0.3 is 5.97 Å². The molecule has 0 aliphatic heterocycles. The fraction of sp³-hybridized carbons (Fsp3) is 0.571. The Labute approximate surface area is 75.3 Å². The lowest BCUT2D eigenvalue weighted by Crippen LogP contribution is -2.43. The van der Waals surface area contributed by atoms with Gasteiger partial charge in [-0.3, -0.25) is 19.3 Å². The van der Waals surface area contributed by atoms with Crippen LogP contribution in [0.2, 0.25) is 0 Å². The van der Waals surface area contributed by atoms with E-state index in [9.17, 15) is 14.4 Å². The summed E-state index contributed by atoms with van der Waals surface area (Å²) in [6.07, 6.45) is 0.0824. The van der Waals surface area contributed by atoms with E-state index in [1.54, 1.807) is 6.92 Å². The lowest BCUT2D eigenvalue weighted by Gasteiger charge is -2.16. The van der Waals surface area contributed by atoms with E-state index in [1.807, 2.05) is 0 Å². The van der Waals surface area contributed by atoms with E-state index in [0.717, 1.165) is 0 Å². The van der Waals surface area contributed by atoms with Gasteiger partial charge in [0, 0.05) is 6.42 Å². The average Bonchev–Trinajstić information content (AvgIpc) is 2.11. The average molecular weight is 188 g/mol. The van der Waals surface area contributed by atoms with Crippen molar-refractivity contribution in [2.24, 2.45) is 5.73 Å². The number of rotatable bonds is 4. The predicted molar refractivity (Wildman–Crippen MR) is 43.7 cm³/mol. The number of hydrogen-bond acceptors (Lipinski definition) is 4. The molecule has 2 amide bonds. The molecule has 0 bridgehead atoms. The van der Waals surface area contributed by atoms with Crippen LogP contribution in [0, 0.1) is 0 Å². The van der Waals surface area contributed by atoms with Crippen LogP contribution >= 0.6 is 0 Å². The standard InChI is InChI=1S/C7H12N2O4/c1-2-5(10)9(4-7(12)13)6(11)3-8/h2-4,8H2,1H3,(H,12,13). The van der Waals surface area contributed by atoms with Crippen molar-refractivity contribution in [1.29, 1.82) is 0 Å². The Kier molecular flexibility index (Phi) is 4.68. The van der Waals surface area contributed by atoms with Crippen LogP contribution < -0.4 is 5.73 Å². The SMILES string of the molecule is CCC(=O)N(CC(=O)O)C(=O)CN. The van der Waals surface area contributed by atoms with Crippen LogP contribution in [-0.2, 0) is 14.4 Å². The van der Waals surface area contributed by atoms with Crippen LogP contribution in [-0.4, -0.2) is 40.9 Å². The molecule has 0 atom stereocenters. The zero-order valence-electron chi connectivity index (χ0n) is 7.32. The summed E-state index contributed by atoms with van der Waals surface area (Å²) in [5.41, 5.74) is 5.00. The summed E-state index contributed by atoms with van der Waals surface area (Å²) < 4.78 is 0. The molecule has 0 saturated heterocycles. The topological polar surface area (TPSA) is 101 Å². The molecule has 13 heavy (non-hydrogen) atoms. The van der Waals surface area contributed by atoms with Crippen molar-refractivity contribution >= 4 is 17.8 Å². The molecule has 6 heteroatoms. The normalized spacial score (nSPS) is 9.38. The maximum atomic E-state index is 11.0. The molecule has 0 spiro atoms. The molecule has 6 nitrogen and oxygen atoms in total. The predicted octanol–water partition coefficient (Wildman–Crippen LogP) is -1.21. The maximum Gasteiger partial charge on any atom is 0.323 e. The van der Waals surface area contributed by atoms with Gasteiger partial charge in [-0.05, 0) is 0 Å². The smallest absolute Gasteiger partial charge is 0.323 e. The third-order valence-electron chi connectivity index (χ3n) is 1.37. The summed E-state index contributed by atoms with van der Waals surface area (Å²) in [6.45, 7) is 0.558. The third-order valence-corrected chi connectivity index (χ3v) is 1.37. The van der Waals surface area contributed by atoms with Crippen molar-refractivity contribution in [2.75, 3.05) is 13.1 Å². The zero-order valence-corrected chi connectivity index (χ0v) is 7.32. The van der Waals surface area contributed by atoms with Crippen LogP contribution in [0.1, 0.15) is 13.3 Å². The van der Waals surface area contributed by atoms with Crippen molar-refractivity contribution in [3.05, 3.63) is 0 Å². The quantitative estimate of drug-likeness (QED) is 0.576. The number of amides is 2. The third kappa shape index (κ3) is 3.66. The summed E-state index contributed by atoms with van der Waals surface area (Å²) >= 11 is 0. The first-order valence-corrected chi connectivity index (χ1v) is 3.78. The number of carboxylic acids is 1. The minimum atomic E-state index is -1.23. The van der Waals surface area contributed by atoms with Crippen molar-refractivity contribution < 1.29 is 19.5 Å². The fourth-order valence-electron chi connectivity index (χ4n) is 0.752. The van der Waals surface area contributed by atoms with E-state index in [1.165, 1.54) is 0 Å². The van der Waals surface area contributed by atoms with Gasteiger partial charge in [0.15, 0.2) is 0 Å². The second kappa shape index (κ2) is 5.26. The molecule has 0 aliphatic rings. The highest BCUT2D eigenvalue weighted by atomic mass is 16.4. The lowest BCUT2D eigenvalue weighted by molar-refractivity contribution is -0.151. The highest BCUT2D eigenvalue weighted by Gasteiger charge is 2.20. The number of imide groups is 1. The molecule has 0 saturated carbocycles. The van der Waals surface area contributed by atoms with Gasteiger partial charge in [-0.25, -0.2) is 0 Å². The van der Waals surface area contributed by atoms with Gasteiger partial charge in [0.1, 0.15) is 6.54 Å². The van der Waals surface area contributed by atoms with Crippen molar-refractivity contribution in [1.82, 2.24) is 4.90 Å². The molecular formula is C7H12N2O4. The van der Waals surface area contributed by atoms with E-state index in [-0.39, 0.29) is 13.0 Å². The summed E-state index contributed by atoms with van der Waals surface area (Å²) in [4.78, 5) is 32.9. The minimum absolute atomic E-state index is 0.0824. The summed E-state index contributed by atoms with van der Waals surface area (Å²) in [5.74, 6) is -2.43. The Morgan fingerprint density at radius 2 is 1.85 bits per heavy atom. The van der Waals surface area contributed by atoms with Crippen molar-refractivity contribution in [3.8, 4) is 0 Å². The first-order valence-electron chi connectivity index (χ1n) is 3.78. The largest absolute Gasteiger partial charge is 0.480 e. The summed E-state index contributed by atoms with van der Waals surface area (Å²) in [7, 11) is 0. The molecule has 0 fully saturated rings. The van der Waals surface area contributed by atoms with Gasteiger partial charge in [-0.1, -0.05) is 6.92 Å². The molecule has 0 aromatic carbocycles. The molecule has 0 aliphatic carbocycles. The van der Waals surface area contributed by atoms with Crippen molar-refractivity contribution in [2.45, 2.75) is 13.3 Å². The second-order valence-electron chi connectivity index (χ2n) is 2.33. The number of carbonyl (C=O) groups is 3. The number of nitrogens with zero attached hydrogens (tertiary/aromatic N) is 1. The molecule has 0 aromatic rings. The Balaban J connectivity index is 4.45. The number of hydrogen-bond donors (Lipinski definition) is 2. The van der Waals surface area contributed by atoms with Crippen LogP contribution in [0.25, 0.3) is 0 Å². The highest BCUT2D eigenvalue weighted by Crippen LogP contribution is 1.94. The summed E-state index contributed by atoms with van der Waals surface area (Å²) in [5, 5.41) is 8.39. The lowest BCUT2D eigenvalue weighted by atomic mass is 10.3. The number of carboxylic acid groups (broad SMARTS) is 1. The van der Waals surface area contributed by atoms with Crippen LogP contribution in [0.4, 0.5) is 0 Å². The Morgan fingerprint density at radius 1 is 1.31 bits per heavy atom. The maximum absolute atomic E-state index is 11.0. The van der Waals surface area contributed by atoms with Crippen LogP contribution in [0.3, 0.4) is 0 Å². The molecule has 3 N–H and O–H groups in total.